The van der Waals surface area contributed by atoms with Gasteiger partial charge in [-0.05, 0) is 57.9 Å². The van der Waals surface area contributed by atoms with Gasteiger partial charge in [-0.2, -0.15) is 0 Å². The lowest BCUT2D eigenvalue weighted by Crippen LogP contribution is -2.31. The monoisotopic (exact) mass is 267 g/mol. The average molecular weight is 267 g/mol. The summed E-state index contributed by atoms with van der Waals surface area (Å²) in [4.78, 5) is 0. The molecule has 0 amide bonds. The van der Waals surface area contributed by atoms with Crippen molar-refractivity contribution in [1.29, 1.82) is 0 Å². The van der Waals surface area contributed by atoms with Crippen molar-refractivity contribution in [2.45, 2.75) is 102 Å². The average Bonchev–Trinajstić information content (AvgIpc) is 3.04. The van der Waals surface area contributed by atoms with Crippen LogP contribution < -0.4 is 5.32 Å². The molecule has 1 heterocycles. The first-order valence-electron chi connectivity index (χ1n) is 8.69. The van der Waals surface area contributed by atoms with E-state index in [1.165, 1.54) is 77.2 Å². The molecule has 0 aromatic rings. The van der Waals surface area contributed by atoms with Gasteiger partial charge in [-0.15, -0.1) is 0 Å². The molecule has 1 aliphatic carbocycles. The van der Waals surface area contributed by atoms with Crippen LogP contribution >= 0.6 is 0 Å². The Labute approximate surface area is 119 Å². The normalized spacial score (nSPS) is 27.2. The van der Waals surface area contributed by atoms with Crippen molar-refractivity contribution in [2.24, 2.45) is 0 Å². The molecular weight excluding hydrogens is 234 g/mol. The van der Waals surface area contributed by atoms with Crippen molar-refractivity contribution < 1.29 is 4.74 Å². The Balaban J connectivity index is 1.69. The van der Waals surface area contributed by atoms with Crippen LogP contribution in [0.1, 0.15) is 84.5 Å². The number of hydrogen-bond donors (Lipinski definition) is 1. The maximum Gasteiger partial charge on any atom is 0.0687 e. The molecule has 0 aromatic carbocycles. The van der Waals surface area contributed by atoms with Crippen molar-refractivity contribution in [3.63, 3.8) is 0 Å². The summed E-state index contributed by atoms with van der Waals surface area (Å²) in [6.07, 6.45) is 15.1. The topological polar surface area (TPSA) is 21.3 Å². The van der Waals surface area contributed by atoms with Gasteiger partial charge in [0.1, 0.15) is 0 Å². The molecule has 2 heteroatoms. The minimum atomic E-state index is 0.321. The Morgan fingerprint density at radius 2 is 1.89 bits per heavy atom. The van der Waals surface area contributed by atoms with Gasteiger partial charge in [0.25, 0.3) is 0 Å². The smallest absolute Gasteiger partial charge is 0.0687 e. The van der Waals surface area contributed by atoms with E-state index in [-0.39, 0.29) is 0 Å². The third-order valence-corrected chi connectivity index (χ3v) is 5.01. The second kappa shape index (κ2) is 7.64. The van der Waals surface area contributed by atoms with E-state index in [2.05, 4.69) is 19.2 Å². The molecule has 2 atom stereocenters. The van der Waals surface area contributed by atoms with Gasteiger partial charge in [0.15, 0.2) is 0 Å². The van der Waals surface area contributed by atoms with Crippen molar-refractivity contribution in [3.05, 3.63) is 0 Å². The van der Waals surface area contributed by atoms with Crippen LogP contribution in [0.25, 0.3) is 0 Å². The standard InChI is InChI=1S/C17H33NO/c1-3-7-15(18-14-4-2)8-9-16-10-13-17(19-16)11-5-6-12-17/h15-16,18H,3-14H2,1-2H3. The lowest BCUT2D eigenvalue weighted by Gasteiger charge is -2.25. The Morgan fingerprint density at radius 1 is 1.11 bits per heavy atom. The summed E-state index contributed by atoms with van der Waals surface area (Å²) in [5.41, 5.74) is 0.321. The van der Waals surface area contributed by atoms with E-state index in [9.17, 15) is 0 Å². The fourth-order valence-electron chi connectivity index (χ4n) is 3.92. The van der Waals surface area contributed by atoms with Crippen LogP contribution in [0.4, 0.5) is 0 Å². The van der Waals surface area contributed by atoms with Crippen LogP contribution in [0.5, 0.6) is 0 Å². The highest BCUT2D eigenvalue weighted by atomic mass is 16.5. The Morgan fingerprint density at radius 3 is 2.58 bits per heavy atom. The minimum Gasteiger partial charge on any atom is -0.372 e. The fourth-order valence-corrected chi connectivity index (χ4v) is 3.92. The highest BCUT2D eigenvalue weighted by Crippen LogP contribution is 2.44. The molecule has 2 nitrogen and oxygen atoms in total. The van der Waals surface area contributed by atoms with Gasteiger partial charge in [0, 0.05) is 6.04 Å². The Hall–Kier alpha value is -0.0800. The van der Waals surface area contributed by atoms with Gasteiger partial charge in [-0.3, -0.25) is 0 Å². The molecule has 0 aromatic heterocycles. The Bertz CT molecular complexity index is 248. The highest BCUT2D eigenvalue weighted by molar-refractivity contribution is 4.93. The molecule has 2 aliphatic rings. The van der Waals surface area contributed by atoms with E-state index in [1.807, 2.05) is 0 Å². The van der Waals surface area contributed by atoms with Crippen LogP contribution in [-0.2, 0) is 4.74 Å². The van der Waals surface area contributed by atoms with E-state index in [1.54, 1.807) is 0 Å². The summed E-state index contributed by atoms with van der Waals surface area (Å²) in [6.45, 7) is 5.71. The van der Waals surface area contributed by atoms with Crippen molar-refractivity contribution >= 4 is 0 Å². The summed E-state index contributed by atoms with van der Waals surface area (Å²) in [5, 5.41) is 3.70. The number of hydrogen-bond acceptors (Lipinski definition) is 2. The van der Waals surface area contributed by atoms with Crippen molar-refractivity contribution in [2.75, 3.05) is 6.54 Å². The summed E-state index contributed by atoms with van der Waals surface area (Å²) in [5.74, 6) is 0. The fraction of sp³-hybridized carbons (Fsp3) is 1.00. The molecule has 19 heavy (non-hydrogen) atoms. The SMILES string of the molecule is CCCNC(CCC)CCC1CCC2(CCCC2)O1. The lowest BCUT2D eigenvalue weighted by molar-refractivity contribution is -0.0402. The molecule has 0 bridgehead atoms. The van der Waals surface area contributed by atoms with Gasteiger partial charge < -0.3 is 10.1 Å². The number of ether oxygens (including phenoxy) is 1. The number of nitrogens with one attached hydrogen (secondary N) is 1. The molecule has 2 rings (SSSR count). The zero-order valence-corrected chi connectivity index (χ0v) is 13.0. The second-order valence-electron chi connectivity index (χ2n) is 6.69. The molecular formula is C17H33NO. The van der Waals surface area contributed by atoms with Crippen LogP contribution in [0.2, 0.25) is 0 Å². The minimum absolute atomic E-state index is 0.321. The predicted molar refractivity (Wildman–Crippen MR) is 81.5 cm³/mol. The highest BCUT2D eigenvalue weighted by Gasteiger charge is 2.41. The van der Waals surface area contributed by atoms with Crippen LogP contribution in [0, 0.1) is 0 Å². The first kappa shape index (κ1) is 15.3. The van der Waals surface area contributed by atoms with E-state index in [0.29, 0.717) is 17.7 Å². The molecule has 1 aliphatic heterocycles. The van der Waals surface area contributed by atoms with Crippen LogP contribution in [0.3, 0.4) is 0 Å². The summed E-state index contributed by atoms with van der Waals surface area (Å²) < 4.78 is 6.42. The van der Waals surface area contributed by atoms with Crippen LogP contribution in [-0.4, -0.2) is 24.3 Å². The summed E-state index contributed by atoms with van der Waals surface area (Å²) >= 11 is 0. The van der Waals surface area contributed by atoms with Crippen molar-refractivity contribution in [3.8, 4) is 0 Å². The first-order chi connectivity index (χ1) is 9.28. The van der Waals surface area contributed by atoms with E-state index in [0.717, 1.165) is 0 Å². The van der Waals surface area contributed by atoms with Gasteiger partial charge in [0.05, 0.1) is 11.7 Å². The lowest BCUT2D eigenvalue weighted by atomic mass is 9.97. The molecule has 1 N–H and O–H groups in total. The second-order valence-corrected chi connectivity index (χ2v) is 6.69. The molecule has 112 valence electrons. The first-order valence-corrected chi connectivity index (χ1v) is 8.69. The summed E-state index contributed by atoms with van der Waals surface area (Å²) in [7, 11) is 0. The zero-order chi connectivity index (χ0) is 13.6. The zero-order valence-electron chi connectivity index (χ0n) is 13.0. The molecule has 1 saturated heterocycles. The predicted octanol–water partition coefficient (Wildman–Crippen LogP) is 4.43. The summed E-state index contributed by atoms with van der Waals surface area (Å²) in [6, 6.07) is 0.716. The molecule has 2 fully saturated rings. The van der Waals surface area contributed by atoms with E-state index >= 15 is 0 Å². The van der Waals surface area contributed by atoms with Gasteiger partial charge in [0.2, 0.25) is 0 Å². The molecule has 1 saturated carbocycles. The molecule has 1 spiro atoms. The molecule has 0 radical (unpaired) electrons. The maximum absolute atomic E-state index is 6.42. The largest absolute Gasteiger partial charge is 0.372 e. The van der Waals surface area contributed by atoms with E-state index < -0.39 is 0 Å². The van der Waals surface area contributed by atoms with E-state index in [4.69, 9.17) is 4.74 Å². The third-order valence-electron chi connectivity index (χ3n) is 5.01. The quantitative estimate of drug-likeness (QED) is 0.702. The van der Waals surface area contributed by atoms with Gasteiger partial charge in [-0.25, -0.2) is 0 Å². The maximum atomic E-state index is 6.42. The Kier molecular flexibility index (Phi) is 6.15. The van der Waals surface area contributed by atoms with Gasteiger partial charge in [-0.1, -0.05) is 33.1 Å². The molecule has 2 unspecified atom stereocenters. The third kappa shape index (κ3) is 4.46. The van der Waals surface area contributed by atoms with Crippen molar-refractivity contribution in [1.82, 2.24) is 5.32 Å². The van der Waals surface area contributed by atoms with Crippen LogP contribution in [0.15, 0.2) is 0 Å². The number of rotatable bonds is 8. The van der Waals surface area contributed by atoms with Gasteiger partial charge >= 0.3 is 0 Å².